The van der Waals surface area contributed by atoms with E-state index >= 15 is 0 Å². The fraction of sp³-hybridized carbons (Fsp3) is 0.650. The molecular weight excluding hydrogens is 314 g/mol. The number of anilines is 1. The minimum absolute atomic E-state index is 0.244. The fourth-order valence-corrected chi connectivity index (χ4v) is 4.72. The van der Waals surface area contributed by atoms with E-state index in [2.05, 4.69) is 47.2 Å². The predicted molar refractivity (Wildman–Crippen MR) is 99.2 cm³/mol. The second-order valence-corrected chi connectivity index (χ2v) is 7.94. The molecular formula is C20H29N3O2. The van der Waals surface area contributed by atoms with Crippen molar-refractivity contribution in [3.63, 3.8) is 0 Å². The Labute approximate surface area is 150 Å². The van der Waals surface area contributed by atoms with Crippen LogP contribution in [0.2, 0.25) is 0 Å². The van der Waals surface area contributed by atoms with Gasteiger partial charge in [-0.05, 0) is 63.3 Å². The maximum Gasteiger partial charge on any atom is 0.407 e. The summed E-state index contributed by atoms with van der Waals surface area (Å²) in [5.74, 6) is 0. The maximum atomic E-state index is 11.5. The van der Waals surface area contributed by atoms with Gasteiger partial charge in [0.15, 0.2) is 0 Å². The van der Waals surface area contributed by atoms with Gasteiger partial charge in [-0.25, -0.2) is 4.79 Å². The highest BCUT2D eigenvalue weighted by atomic mass is 16.6. The van der Waals surface area contributed by atoms with Crippen molar-refractivity contribution in [2.24, 2.45) is 0 Å². The summed E-state index contributed by atoms with van der Waals surface area (Å²) in [6, 6.07) is 7.22. The zero-order chi connectivity index (χ0) is 17.4. The van der Waals surface area contributed by atoms with E-state index in [0.29, 0.717) is 12.6 Å². The quantitative estimate of drug-likeness (QED) is 0.897. The molecule has 3 heterocycles. The Morgan fingerprint density at radius 2 is 2.00 bits per heavy atom. The number of likely N-dealkylation sites (tertiary alicyclic amines) is 1. The molecule has 1 amide bonds. The summed E-state index contributed by atoms with van der Waals surface area (Å²) < 4.78 is 5.63. The summed E-state index contributed by atoms with van der Waals surface area (Å²) in [5, 5.41) is 2.85. The SMILES string of the molecule is Cc1cccc(N2CCC(N3CCC[C@@]4(CNC(=O)O4)C3)CC2)c1C. The second kappa shape index (κ2) is 6.52. The minimum atomic E-state index is -0.278. The molecule has 3 saturated heterocycles. The van der Waals surface area contributed by atoms with Crippen LogP contribution in [0, 0.1) is 13.8 Å². The Balaban J connectivity index is 1.38. The highest BCUT2D eigenvalue weighted by molar-refractivity contribution is 5.70. The summed E-state index contributed by atoms with van der Waals surface area (Å²) in [4.78, 5) is 16.6. The molecule has 4 rings (SSSR count). The topological polar surface area (TPSA) is 44.8 Å². The zero-order valence-electron chi connectivity index (χ0n) is 15.4. The number of benzene rings is 1. The first-order valence-electron chi connectivity index (χ1n) is 9.58. The monoisotopic (exact) mass is 343 g/mol. The van der Waals surface area contributed by atoms with Crippen LogP contribution in [0.15, 0.2) is 18.2 Å². The zero-order valence-corrected chi connectivity index (χ0v) is 15.4. The molecule has 5 nitrogen and oxygen atoms in total. The van der Waals surface area contributed by atoms with Gasteiger partial charge in [-0.1, -0.05) is 12.1 Å². The molecule has 1 aromatic rings. The van der Waals surface area contributed by atoms with Crippen LogP contribution in [0.5, 0.6) is 0 Å². The lowest BCUT2D eigenvalue weighted by Gasteiger charge is -2.45. The lowest BCUT2D eigenvalue weighted by Crippen LogP contribution is -2.55. The number of carbonyl (C=O) groups is 1. The Morgan fingerprint density at radius 1 is 1.20 bits per heavy atom. The third-order valence-corrected chi connectivity index (χ3v) is 6.33. The van der Waals surface area contributed by atoms with E-state index in [4.69, 9.17) is 4.74 Å². The number of hydrogen-bond donors (Lipinski definition) is 1. The molecule has 5 heteroatoms. The molecule has 136 valence electrons. The summed E-state index contributed by atoms with van der Waals surface area (Å²) in [7, 11) is 0. The van der Waals surface area contributed by atoms with Crippen molar-refractivity contribution in [1.82, 2.24) is 10.2 Å². The number of alkyl carbamates (subject to hydrolysis) is 1. The highest BCUT2D eigenvalue weighted by Crippen LogP contribution is 2.32. The average Bonchev–Trinajstić information content (AvgIpc) is 2.97. The lowest BCUT2D eigenvalue weighted by atomic mass is 9.90. The second-order valence-electron chi connectivity index (χ2n) is 7.94. The van der Waals surface area contributed by atoms with Gasteiger partial charge in [0.2, 0.25) is 0 Å². The van der Waals surface area contributed by atoms with E-state index in [0.717, 1.165) is 39.0 Å². The van der Waals surface area contributed by atoms with E-state index in [1.807, 2.05) is 0 Å². The molecule has 0 unspecified atom stereocenters. The van der Waals surface area contributed by atoms with E-state index in [1.165, 1.54) is 29.7 Å². The molecule has 1 spiro atoms. The average molecular weight is 343 g/mol. The first-order valence-corrected chi connectivity index (χ1v) is 9.58. The number of aryl methyl sites for hydroxylation is 1. The van der Waals surface area contributed by atoms with E-state index < -0.39 is 0 Å². The number of piperidine rings is 2. The van der Waals surface area contributed by atoms with Crippen LogP contribution in [0.3, 0.4) is 0 Å². The maximum absolute atomic E-state index is 11.5. The van der Waals surface area contributed by atoms with Gasteiger partial charge in [0, 0.05) is 31.4 Å². The van der Waals surface area contributed by atoms with Crippen LogP contribution in [0.25, 0.3) is 0 Å². The van der Waals surface area contributed by atoms with Gasteiger partial charge in [0.05, 0.1) is 6.54 Å². The van der Waals surface area contributed by atoms with Crippen molar-refractivity contribution >= 4 is 11.8 Å². The molecule has 3 fully saturated rings. The number of rotatable bonds is 2. The Bertz CT molecular complexity index is 654. The first-order chi connectivity index (χ1) is 12.1. The Kier molecular flexibility index (Phi) is 4.36. The number of carbonyl (C=O) groups excluding carboxylic acids is 1. The van der Waals surface area contributed by atoms with Crippen LogP contribution >= 0.6 is 0 Å². The smallest absolute Gasteiger partial charge is 0.407 e. The van der Waals surface area contributed by atoms with E-state index in [9.17, 15) is 4.79 Å². The standard InChI is InChI=1S/C20H29N3O2/c1-15-5-3-6-18(16(15)2)22-11-7-17(8-12-22)23-10-4-9-20(14-23)13-21-19(24)25-20/h3,5-6,17H,4,7-14H2,1-2H3,(H,21,24)/t20-/m1/s1. The summed E-state index contributed by atoms with van der Waals surface area (Å²) in [5.41, 5.74) is 3.89. The number of ether oxygens (including phenoxy) is 1. The molecule has 0 saturated carbocycles. The molecule has 25 heavy (non-hydrogen) atoms. The van der Waals surface area contributed by atoms with Crippen LogP contribution < -0.4 is 10.2 Å². The third-order valence-electron chi connectivity index (χ3n) is 6.33. The number of nitrogens with zero attached hydrogens (tertiary/aromatic N) is 2. The van der Waals surface area contributed by atoms with Crippen molar-refractivity contribution in [2.75, 3.05) is 37.6 Å². The number of hydrogen-bond acceptors (Lipinski definition) is 4. The molecule has 0 radical (unpaired) electrons. The summed E-state index contributed by atoms with van der Waals surface area (Å²) in [6.45, 7) is 9.33. The van der Waals surface area contributed by atoms with Crippen molar-refractivity contribution in [3.8, 4) is 0 Å². The van der Waals surface area contributed by atoms with Crippen molar-refractivity contribution < 1.29 is 9.53 Å². The van der Waals surface area contributed by atoms with Crippen LogP contribution in [-0.2, 0) is 4.74 Å². The minimum Gasteiger partial charge on any atom is -0.440 e. The molecule has 1 N–H and O–H groups in total. The van der Waals surface area contributed by atoms with Crippen molar-refractivity contribution in [3.05, 3.63) is 29.3 Å². The molecule has 0 aliphatic carbocycles. The van der Waals surface area contributed by atoms with Gasteiger partial charge >= 0.3 is 6.09 Å². The molecule has 1 atom stereocenters. The van der Waals surface area contributed by atoms with Gasteiger partial charge in [0.25, 0.3) is 0 Å². The molecule has 1 aromatic carbocycles. The first kappa shape index (κ1) is 16.7. The summed E-state index contributed by atoms with van der Waals surface area (Å²) in [6.07, 6.45) is 4.23. The van der Waals surface area contributed by atoms with Gasteiger partial charge in [-0.15, -0.1) is 0 Å². The summed E-state index contributed by atoms with van der Waals surface area (Å²) >= 11 is 0. The predicted octanol–water partition coefficient (Wildman–Crippen LogP) is 2.85. The van der Waals surface area contributed by atoms with Gasteiger partial charge in [-0.2, -0.15) is 0 Å². The molecule has 0 aromatic heterocycles. The van der Waals surface area contributed by atoms with Crippen molar-refractivity contribution in [2.45, 2.75) is 51.2 Å². The van der Waals surface area contributed by atoms with Gasteiger partial charge in [0.1, 0.15) is 5.60 Å². The van der Waals surface area contributed by atoms with Gasteiger partial charge < -0.3 is 15.0 Å². The molecule has 3 aliphatic rings. The third kappa shape index (κ3) is 3.22. The Morgan fingerprint density at radius 3 is 2.72 bits per heavy atom. The van der Waals surface area contributed by atoms with Crippen LogP contribution in [0.4, 0.5) is 10.5 Å². The van der Waals surface area contributed by atoms with E-state index in [1.54, 1.807) is 0 Å². The highest BCUT2D eigenvalue weighted by Gasteiger charge is 2.45. The van der Waals surface area contributed by atoms with Crippen molar-refractivity contribution in [1.29, 1.82) is 0 Å². The lowest BCUT2D eigenvalue weighted by molar-refractivity contribution is -0.0258. The van der Waals surface area contributed by atoms with E-state index in [-0.39, 0.29) is 11.7 Å². The van der Waals surface area contributed by atoms with Crippen LogP contribution in [0.1, 0.15) is 36.8 Å². The van der Waals surface area contributed by atoms with Crippen LogP contribution in [-0.4, -0.2) is 55.4 Å². The largest absolute Gasteiger partial charge is 0.440 e. The number of nitrogens with one attached hydrogen (secondary N) is 1. The molecule has 3 aliphatic heterocycles. The normalized spacial score (nSPS) is 28.2. The Hall–Kier alpha value is -1.75. The number of amides is 1. The molecule has 0 bridgehead atoms. The van der Waals surface area contributed by atoms with Gasteiger partial charge in [-0.3, -0.25) is 4.90 Å². The fourth-order valence-electron chi connectivity index (χ4n) is 4.72.